The van der Waals surface area contributed by atoms with Crippen LogP contribution in [-0.4, -0.2) is 32.9 Å². The van der Waals surface area contributed by atoms with Crippen molar-refractivity contribution in [1.82, 2.24) is 14.8 Å². The van der Waals surface area contributed by atoms with Crippen LogP contribution < -0.4 is 5.32 Å². The standard InChI is InChI=1S/C26H30FN3O3/c1-16-6-4-9-20(17(16)2)28-25(32)26(3)15-29-21-10-11-33-23(21)13-22(29)24(31)30(26)14-18-7-5-8-19(27)12-18/h5,7-8,10-13,16-17,20H,4,6,9,14-15H2,1-3H3,(H,28,32)/t16-,17-,20+,26+/m1/s1. The van der Waals surface area contributed by atoms with Crippen LogP contribution in [0.3, 0.4) is 0 Å². The van der Waals surface area contributed by atoms with Gasteiger partial charge in [0.1, 0.15) is 17.1 Å². The number of rotatable bonds is 4. The second-order valence-corrected chi connectivity index (χ2v) is 9.93. The third-order valence-corrected chi connectivity index (χ3v) is 7.79. The maximum atomic E-state index is 13.9. The van der Waals surface area contributed by atoms with Crippen molar-refractivity contribution < 1.29 is 18.4 Å². The molecule has 1 N–H and O–H groups in total. The van der Waals surface area contributed by atoms with Gasteiger partial charge >= 0.3 is 0 Å². The SMILES string of the molecule is C[C@@H]1[C@H](C)CCC[C@@H]1NC(=O)[C@]1(C)Cn2c(cc3occc32)C(=O)N1Cc1cccc(F)c1. The summed E-state index contributed by atoms with van der Waals surface area (Å²) >= 11 is 0. The van der Waals surface area contributed by atoms with E-state index < -0.39 is 5.54 Å². The number of nitrogens with one attached hydrogen (secondary N) is 1. The van der Waals surface area contributed by atoms with Crippen LogP contribution in [0.2, 0.25) is 0 Å². The molecule has 1 aliphatic heterocycles. The van der Waals surface area contributed by atoms with E-state index in [-0.39, 0.29) is 30.2 Å². The Kier molecular flexibility index (Phi) is 5.30. The second kappa shape index (κ2) is 8.04. The first-order valence-electron chi connectivity index (χ1n) is 11.7. The molecule has 5 rings (SSSR count). The van der Waals surface area contributed by atoms with E-state index in [1.807, 2.05) is 17.6 Å². The molecule has 0 unspecified atom stereocenters. The van der Waals surface area contributed by atoms with Crippen molar-refractivity contribution in [2.45, 2.75) is 64.7 Å². The molecule has 0 spiro atoms. The van der Waals surface area contributed by atoms with E-state index in [9.17, 15) is 14.0 Å². The summed E-state index contributed by atoms with van der Waals surface area (Å²) in [6.45, 7) is 6.67. The van der Waals surface area contributed by atoms with Crippen molar-refractivity contribution in [3.63, 3.8) is 0 Å². The molecule has 2 amide bonds. The monoisotopic (exact) mass is 451 g/mol. The van der Waals surface area contributed by atoms with Crippen LogP contribution in [0.25, 0.3) is 11.1 Å². The molecule has 6 nitrogen and oxygen atoms in total. The van der Waals surface area contributed by atoms with Crippen LogP contribution in [0.15, 0.2) is 47.1 Å². The summed E-state index contributed by atoms with van der Waals surface area (Å²) in [4.78, 5) is 29.1. The fourth-order valence-corrected chi connectivity index (χ4v) is 5.45. The third-order valence-electron chi connectivity index (χ3n) is 7.79. The maximum absolute atomic E-state index is 13.9. The Balaban J connectivity index is 1.53. The largest absolute Gasteiger partial charge is 0.463 e. The molecule has 2 aliphatic rings. The smallest absolute Gasteiger partial charge is 0.271 e. The van der Waals surface area contributed by atoms with E-state index in [1.54, 1.807) is 29.4 Å². The second-order valence-electron chi connectivity index (χ2n) is 9.93. The van der Waals surface area contributed by atoms with Gasteiger partial charge in [-0.15, -0.1) is 0 Å². The first kappa shape index (κ1) is 21.7. The lowest BCUT2D eigenvalue weighted by atomic mass is 9.77. The van der Waals surface area contributed by atoms with Crippen molar-refractivity contribution in [2.75, 3.05) is 0 Å². The lowest BCUT2D eigenvalue weighted by molar-refractivity contribution is -0.134. The average molecular weight is 452 g/mol. The third kappa shape index (κ3) is 3.63. The Morgan fingerprint density at radius 3 is 2.85 bits per heavy atom. The molecule has 174 valence electrons. The molecule has 3 aromatic rings. The molecule has 3 heterocycles. The van der Waals surface area contributed by atoms with Crippen molar-refractivity contribution in [3.05, 3.63) is 59.7 Å². The number of benzene rings is 1. The number of hydrogen-bond donors (Lipinski definition) is 1. The number of carbonyl (C=O) groups is 2. The van der Waals surface area contributed by atoms with Crippen LogP contribution in [0.1, 0.15) is 56.1 Å². The molecule has 1 aromatic carbocycles. The highest BCUT2D eigenvalue weighted by molar-refractivity contribution is 6.02. The van der Waals surface area contributed by atoms with Gasteiger partial charge < -0.3 is 19.2 Å². The Morgan fingerprint density at radius 2 is 2.06 bits per heavy atom. The van der Waals surface area contributed by atoms with Crippen LogP contribution >= 0.6 is 0 Å². The van der Waals surface area contributed by atoms with Gasteiger partial charge in [-0.3, -0.25) is 9.59 Å². The average Bonchev–Trinajstić information content (AvgIpc) is 3.37. The van der Waals surface area contributed by atoms with Crippen LogP contribution in [0, 0.1) is 17.7 Å². The summed E-state index contributed by atoms with van der Waals surface area (Å²) in [5, 5.41) is 3.28. The number of carbonyl (C=O) groups excluding carboxylic acids is 2. The molecule has 2 aromatic heterocycles. The predicted octanol–water partition coefficient (Wildman–Crippen LogP) is 4.73. The van der Waals surface area contributed by atoms with E-state index in [4.69, 9.17) is 4.42 Å². The minimum absolute atomic E-state index is 0.0733. The summed E-state index contributed by atoms with van der Waals surface area (Å²) in [6.07, 6.45) is 4.77. The Labute approximate surface area is 192 Å². The number of amides is 2. The molecule has 0 radical (unpaired) electrons. The zero-order chi connectivity index (χ0) is 23.3. The summed E-state index contributed by atoms with van der Waals surface area (Å²) in [7, 11) is 0. The van der Waals surface area contributed by atoms with Gasteiger partial charge in [0.05, 0.1) is 18.3 Å². The number of nitrogens with zero attached hydrogens (tertiary/aromatic N) is 2. The van der Waals surface area contributed by atoms with Gasteiger partial charge in [0, 0.05) is 24.7 Å². The highest BCUT2D eigenvalue weighted by Crippen LogP contribution is 2.35. The molecule has 0 saturated heterocycles. The summed E-state index contributed by atoms with van der Waals surface area (Å²) in [5.74, 6) is 0.0997. The van der Waals surface area contributed by atoms with Crippen molar-refractivity contribution in [2.24, 2.45) is 11.8 Å². The van der Waals surface area contributed by atoms with E-state index >= 15 is 0 Å². The molecular weight excluding hydrogens is 421 g/mol. The molecule has 0 bridgehead atoms. The summed E-state index contributed by atoms with van der Waals surface area (Å²) in [5.41, 5.74) is 1.39. The van der Waals surface area contributed by atoms with Gasteiger partial charge in [-0.05, 0) is 42.9 Å². The van der Waals surface area contributed by atoms with Gasteiger partial charge in [0.25, 0.3) is 5.91 Å². The molecule has 33 heavy (non-hydrogen) atoms. The number of furan rings is 1. The maximum Gasteiger partial charge on any atom is 0.271 e. The number of hydrogen-bond acceptors (Lipinski definition) is 3. The van der Waals surface area contributed by atoms with Crippen LogP contribution in [0.5, 0.6) is 0 Å². The van der Waals surface area contributed by atoms with E-state index in [2.05, 4.69) is 19.2 Å². The fraction of sp³-hybridized carbons (Fsp3) is 0.462. The lowest BCUT2D eigenvalue weighted by Crippen LogP contribution is -2.65. The van der Waals surface area contributed by atoms with Crippen molar-refractivity contribution in [3.8, 4) is 0 Å². The number of fused-ring (bicyclic) bond motifs is 3. The predicted molar refractivity (Wildman–Crippen MR) is 123 cm³/mol. The number of aromatic nitrogens is 1. The topological polar surface area (TPSA) is 67.5 Å². The highest BCUT2D eigenvalue weighted by atomic mass is 19.1. The minimum Gasteiger partial charge on any atom is -0.463 e. The summed E-state index contributed by atoms with van der Waals surface area (Å²) in [6, 6.07) is 9.80. The molecule has 1 fully saturated rings. The zero-order valence-corrected chi connectivity index (χ0v) is 19.3. The van der Waals surface area contributed by atoms with Crippen molar-refractivity contribution in [1.29, 1.82) is 0 Å². The molecule has 4 atom stereocenters. The highest BCUT2D eigenvalue weighted by Gasteiger charge is 2.48. The van der Waals surface area contributed by atoms with E-state index in [0.29, 0.717) is 35.2 Å². The van der Waals surface area contributed by atoms with Gasteiger partial charge in [-0.25, -0.2) is 4.39 Å². The summed E-state index contributed by atoms with van der Waals surface area (Å²) < 4.78 is 21.3. The Bertz CT molecular complexity index is 1210. The first-order chi connectivity index (χ1) is 15.8. The van der Waals surface area contributed by atoms with E-state index in [1.165, 1.54) is 18.6 Å². The molecule has 1 aliphatic carbocycles. The van der Waals surface area contributed by atoms with Crippen LogP contribution in [-0.2, 0) is 17.9 Å². The normalized spacial score (nSPS) is 27.6. The quantitative estimate of drug-likeness (QED) is 0.624. The lowest BCUT2D eigenvalue weighted by Gasteiger charge is -2.45. The number of halogens is 1. The van der Waals surface area contributed by atoms with E-state index in [0.717, 1.165) is 18.4 Å². The molecule has 7 heteroatoms. The molecule has 1 saturated carbocycles. The minimum atomic E-state index is -1.14. The van der Waals surface area contributed by atoms with Gasteiger partial charge in [0.15, 0.2) is 5.58 Å². The fourth-order valence-electron chi connectivity index (χ4n) is 5.45. The first-order valence-corrected chi connectivity index (χ1v) is 11.7. The Hall–Kier alpha value is -3.09. The molecular formula is C26H30FN3O3. The van der Waals surface area contributed by atoms with Gasteiger partial charge in [-0.2, -0.15) is 0 Å². The van der Waals surface area contributed by atoms with Gasteiger partial charge in [0.2, 0.25) is 5.91 Å². The van der Waals surface area contributed by atoms with Gasteiger partial charge in [-0.1, -0.05) is 38.8 Å². The van der Waals surface area contributed by atoms with Crippen molar-refractivity contribution >= 4 is 22.9 Å². The zero-order valence-electron chi connectivity index (χ0n) is 19.3. The van der Waals surface area contributed by atoms with Crippen LogP contribution in [0.4, 0.5) is 4.39 Å². The Morgan fingerprint density at radius 1 is 1.24 bits per heavy atom.